The summed E-state index contributed by atoms with van der Waals surface area (Å²) in [7, 11) is 0. The molecule has 10 nitrogen and oxygen atoms in total. The second-order valence-electron chi connectivity index (χ2n) is 11.3. The molecule has 1 saturated carbocycles. The van der Waals surface area contributed by atoms with Gasteiger partial charge in [0.25, 0.3) is 11.5 Å². The standard InChI is InChI=1S/C28H30ClF2N7O3S/c29-21-16(34-23(39)20-24(40)36-18-6-1-2-11-38(18)26(20)41)4-3-5-17(21)42-25-22(32)35-19(14-33-25)37-12-9-27(10-13-37)7-8-28(30,31)15-27/h3-5,14,40H,1-2,6-13,15H2,(H2,32,35)(H,34,39). The van der Waals surface area contributed by atoms with Gasteiger partial charge in [-0.05, 0) is 49.7 Å². The van der Waals surface area contributed by atoms with Gasteiger partial charge in [0.15, 0.2) is 11.4 Å². The average molecular weight is 618 g/mol. The number of amides is 1. The van der Waals surface area contributed by atoms with E-state index in [4.69, 9.17) is 17.3 Å². The highest BCUT2D eigenvalue weighted by molar-refractivity contribution is 7.99. The van der Waals surface area contributed by atoms with E-state index in [1.807, 2.05) is 4.90 Å². The van der Waals surface area contributed by atoms with Gasteiger partial charge in [0.05, 0.1) is 16.9 Å². The minimum absolute atomic E-state index is 0.0361. The van der Waals surface area contributed by atoms with Gasteiger partial charge >= 0.3 is 0 Å². The molecule has 1 aromatic carbocycles. The predicted molar refractivity (Wildman–Crippen MR) is 156 cm³/mol. The van der Waals surface area contributed by atoms with Crippen molar-refractivity contribution in [1.29, 1.82) is 0 Å². The van der Waals surface area contributed by atoms with Gasteiger partial charge in [-0.3, -0.25) is 14.2 Å². The number of nitrogens with zero attached hydrogens (tertiary/aromatic N) is 5. The van der Waals surface area contributed by atoms with Gasteiger partial charge in [-0.1, -0.05) is 29.4 Å². The molecule has 2 fully saturated rings. The zero-order valence-corrected chi connectivity index (χ0v) is 24.3. The van der Waals surface area contributed by atoms with E-state index in [1.165, 1.54) is 4.57 Å². The van der Waals surface area contributed by atoms with Crippen molar-refractivity contribution in [3.05, 3.63) is 51.2 Å². The fourth-order valence-electron chi connectivity index (χ4n) is 6.16. The van der Waals surface area contributed by atoms with Gasteiger partial charge in [0.1, 0.15) is 16.7 Å². The molecule has 6 rings (SSSR count). The molecule has 3 aromatic rings. The molecule has 3 aliphatic rings. The Labute approximate surface area is 249 Å². The summed E-state index contributed by atoms with van der Waals surface area (Å²) in [6, 6.07) is 4.98. The Kier molecular flexibility index (Phi) is 7.50. The van der Waals surface area contributed by atoms with E-state index in [9.17, 15) is 23.5 Å². The van der Waals surface area contributed by atoms with Crippen molar-refractivity contribution in [3.8, 4) is 5.88 Å². The van der Waals surface area contributed by atoms with Crippen molar-refractivity contribution in [2.24, 2.45) is 5.41 Å². The van der Waals surface area contributed by atoms with Gasteiger partial charge in [0, 0.05) is 43.8 Å². The van der Waals surface area contributed by atoms with Crippen LogP contribution < -0.4 is 21.5 Å². The molecule has 1 aliphatic carbocycles. The topological polar surface area (TPSA) is 139 Å². The fourth-order valence-corrected chi connectivity index (χ4v) is 7.26. The minimum atomic E-state index is -2.56. The summed E-state index contributed by atoms with van der Waals surface area (Å²) in [5.74, 6) is -2.75. The first kappa shape index (κ1) is 28.7. The number of nitrogen functional groups attached to an aromatic ring is 1. The number of halogens is 3. The molecular formula is C28H30ClF2N7O3S. The van der Waals surface area contributed by atoms with E-state index in [1.54, 1.807) is 24.4 Å². The van der Waals surface area contributed by atoms with Crippen molar-refractivity contribution in [2.75, 3.05) is 29.0 Å². The van der Waals surface area contributed by atoms with Gasteiger partial charge in [-0.2, -0.15) is 4.98 Å². The lowest BCUT2D eigenvalue weighted by atomic mass is 9.77. The van der Waals surface area contributed by atoms with Crippen LogP contribution in [-0.4, -0.2) is 49.5 Å². The van der Waals surface area contributed by atoms with Crippen LogP contribution in [0.1, 0.15) is 61.1 Å². The predicted octanol–water partition coefficient (Wildman–Crippen LogP) is 5.12. The summed E-state index contributed by atoms with van der Waals surface area (Å²) in [4.78, 5) is 41.6. The number of hydrogen-bond acceptors (Lipinski definition) is 9. The largest absolute Gasteiger partial charge is 0.493 e. The third kappa shape index (κ3) is 5.51. The van der Waals surface area contributed by atoms with Gasteiger partial charge in [-0.15, -0.1) is 0 Å². The van der Waals surface area contributed by atoms with Crippen LogP contribution in [0.15, 0.2) is 39.1 Å². The number of carbonyl (C=O) groups excluding carboxylic acids is 1. The number of piperidine rings is 1. The molecule has 0 bridgehead atoms. The first-order valence-electron chi connectivity index (χ1n) is 13.9. The highest BCUT2D eigenvalue weighted by Crippen LogP contribution is 2.53. The van der Waals surface area contributed by atoms with Crippen LogP contribution in [0, 0.1) is 5.41 Å². The molecule has 222 valence electrons. The maximum Gasteiger partial charge on any atom is 0.270 e. The smallest absolute Gasteiger partial charge is 0.270 e. The maximum atomic E-state index is 13.8. The number of anilines is 3. The molecule has 0 radical (unpaired) electrons. The number of aromatic hydroxyl groups is 1. The lowest BCUT2D eigenvalue weighted by Crippen LogP contribution is -2.40. The number of hydrogen-bond donors (Lipinski definition) is 3. The summed E-state index contributed by atoms with van der Waals surface area (Å²) in [5, 5.41) is 13.6. The van der Waals surface area contributed by atoms with E-state index < -0.39 is 28.8 Å². The number of rotatable bonds is 5. The normalized spacial score (nSPS) is 19.1. The van der Waals surface area contributed by atoms with Gasteiger partial charge < -0.3 is 21.1 Å². The average Bonchev–Trinajstić information content (AvgIpc) is 3.25. The van der Waals surface area contributed by atoms with Crippen LogP contribution >= 0.6 is 23.4 Å². The molecule has 1 amide bonds. The van der Waals surface area contributed by atoms with Crippen molar-refractivity contribution in [2.45, 2.75) is 73.8 Å². The van der Waals surface area contributed by atoms with Crippen LogP contribution in [-0.2, 0) is 13.0 Å². The second kappa shape index (κ2) is 11.0. The Morgan fingerprint density at radius 2 is 1.90 bits per heavy atom. The number of benzene rings is 1. The monoisotopic (exact) mass is 617 g/mol. The number of carbonyl (C=O) groups is 1. The molecule has 0 unspecified atom stereocenters. The van der Waals surface area contributed by atoms with Crippen molar-refractivity contribution >= 4 is 46.6 Å². The number of aromatic nitrogens is 4. The Morgan fingerprint density at radius 1 is 1.12 bits per heavy atom. The van der Waals surface area contributed by atoms with E-state index in [-0.39, 0.29) is 34.8 Å². The molecule has 2 aromatic heterocycles. The highest BCUT2D eigenvalue weighted by atomic mass is 35.5. The quantitative estimate of drug-likeness (QED) is 0.356. The number of nitrogens with two attached hydrogens (primary N) is 1. The summed E-state index contributed by atoms with van der Waals surface area (Å²) in [6.07, 6.45) is 5.66. The summed E-state index contributed by atoms with van der Waals surface area (Å²) in [5.41, 5.74) is 5.16. The van der Waals surface area contributed by atoms with Crippen LogP contribution in [0.25, 0.3) is 0 Å². The summed E-state index contributed by atoms with van der Waals surface area (Å²) >= 11 is 7.78. The number of fused-ring (bicyclic) bond motifs is 1. The Morgan fingerprint density at radius 3 is 2.62 bits per heavy atom. The van der Waals surface area contributed by atoms with E-state index in [0.717, 1.165) is 24.6 Å². The minimum Gasteiger partial charge on any atom is -0.493 e. The lowest BCUT2D eigenvalue weighted by molar-refractivity contribution is -0.00683. The van der Waals surface area contributed by atoms with Crippen molar-refractivity contribution in [3.63, 3.8) is 0 Å². The third-order valence-corrected chi connectivity index (χ3v) is 10.0. The molecule has 14 heteroatoms. The van der Waals surface area contributed by atoms with Gasteiger partial charge in [0.2, 0.25) is 11.8 Å². The summed E-state index contributed by atoms with van der Waals surface area (Å²) < 4.78 is 29.1. The van der Waals surface area contributed by atoms with E-state index >= 15 is 0 Å². The van der Waals surface area contributed by atoms with Crippen LogP contribution in [0.3, 0.4) is 0 Å². The zero-order valence-electron chi connectivity index (χ0n) is 22.7. The van der Waals surface area contributed by atoms with Crippen LogP contribution in [0.2, 0.25) is 5.02 Å². The fraction of sp³-hybridized carbons (Fsp3) is 0.464. The van der Waals surface area contributed by atoms with Crippen LogP contribution in [0.5, 0.6) is 5.88 Å². The maximum absolute atomic E-state index is 13.8. The molecular weight excluding hydrogens is 588 g/mol. The number of aryl methyl sites for hydroxylation is 1. The molecule has 1 spiro atoms. The Hall–Kier alpha value is -3.45. The molecule has 2 aliphatic heterocycles. The third-order valence-electron chi connectivity index (χ3n) is 8.46. The lowest BCUT2D eigenvalue weighted by Gasteiger charge is -2.39. The second-order valence-corrected chi connectivity index (χ2v) is 12.7. The van der Waals surface area contributed by atoms with Crippen molar-refractivity contribution in [1.82, 2.24) is 19.5 Å². The molecule has 0 atom stereocenters. The molecule has 4 heterocycles. The molecule has 4 N–H and O–H groups in total. The number of nitrogens with one attached hydrogen (secondary N) is 1. The summed E-state index contributed by atoms with van der Waals surface area (Å²) in [6.45, 7) is 1.67. The highest BCUT2D eigenvalue weighted by Gasteiger charge is 2.50. The Balaban J connectivity index is 1.15. The van der Waals surface area contributed by atoms with Gasteiger partial charge in [-0.25, -0.2) is 18.7 Å². The van der Waals surface area contributed by atoms with E-state index in [0.29, 0.717) is 66.9 Å². The molecule has 1 saturated heterocycles. The zero-order chi connectivity index (χ0) is 29.6. The first-order valence-corrected chi connectivity index (χ1v) is 15.1. The number of alkyl halides is 2. The van der Waals surface area contributed by atoms with E-state index in [2.05, 4.69) is 20.3 Å². The Bertz CT molecular complexity index is 1610. The SMILES string of the molecule is Nc1nc(N2CCC3(CC2)CCC(F)(F)C3)cnc1Sc1cccc(NC(=O)c2c(O)nc3n(c2=O)CCCC3)c1Cl. The van der Waals surface area contributed by atoms with Crippen LogP contribution in [0.4, 0.5) is 26.1 Å². The van der Waals surface area contributed by atoms with Crippen molar-refractivity contribution < 1.29 is 18.7 Å². The molecule has 42 heavy (non-hydrogen) atoms. The first-order chi connectivity index (χ1) is 20.0.